The summed E-state index contributed by atoms with van der Waals surface area (Å²) < 4.78 is 7.61. The van der Waals surface area contributed by atoms with Crippen LogP contribution in [0.5, 0.6) is 5.75 Å². The smallest absolute Gasteiger partial charge is 0.203 e. The van der Waals surface area contributed by atoms with Crippen LogP contribution in [0, 0.1) is 0 Å². The van der Waals surface area contributed by atoms with E-state index >= 15 is 0 Å². The lowest BCUT2D eigenvalue weighted by Crippen LogP contribution is -1.97. The van der Waals surface area contributed by atoms with Gasteiger partial charge < -0.3 is 19.6 Å². The number of aryl methyl sites for hydroxylation is 1. The lowest BCUT2D eigenvalue weighted by Gasteiger charge is -2.09. The van der Waals surface area contributed by atoms with E-state index in [2.05, 4.69) is 26.3 Å². The van der Waals surface area contributed by atoms with E-state index in [1.165, 1.54) is 0 Å². The molecule has 6 heteroatoms. The van der Waals surface area contributed by atoms with Crippen LogP contribution in [0.15, 0.2) is 36.7 Å². The third-order valence-electron chi connectivity index (χ3n) is 4.14. The van der Waals surface area contributed by atoms with Crippen molar-refractivity contribution in [2.45, 2.75) is 0 Å². The maximum atomic E-state index is 5.60. The molecule has 4 rings (SSSR count). The van der Waals surface area contributed by atoms with E-state index in [-0.39, 0.29) is 0 Å². The van der Waals surface area contributed by atoms with Gasteiger partial charge in [0.2, 0.25) is 5.95 Å². The molecule has 3 aromatic heterocycles. The zero-order valence-corrected chi connectivity index (χ0v) is 13.2. The molecule has 0 spiro atoms. The monoisotopic (exact) mass is 307 g/mol. The number of rotatable bonds is 3. The number of imidazole rings is 1. The van der Waals surface area contributed by atoms with Gasteiger partial charge in [-0.25, -0.2) is 4.98 Å². The van der Waals surface area contributed by atoms with Gasteiger partial charge >= 0.3 is 0 Å². The second kappa shape index (κ2) is 5.01. The summed E-state index contributed by atoms with van der Waals surface area (Å²) in [5.74, 6) is 1.62. The van der Waals surface area contributed by atoms with Crippen LogP contribution in [-0.2, 0) is 7.05 Å². The van der Waals surface area contributed by atoms with Crippen LogP contribution in [-0.4, -0.2) is 33.7 Å². The van der Waals surface area contributed by atoms with Crippen molar-refractivity contribution in [3.8, 4) is 16.9 Å². The first-order valence-corrected chi connectivity index (χ1v) is 7.37. The Morgan fingerprint density at radius 1 is 1.22 bits per heavy atom. The Morgan fingerprint density at radius 3 is 2.87 bits per heavy atom. The third-order valence-corrected chi connectivity index (χ3v) is 4.14. The molecule has 3 heterocycles. The number of ether oxygens (including phenoxy) is 1. The number of fused-ring (bicyclic) bond motifs is 2. The summed E-state index contributed by atoms with van der Waals surface area (Å²) in [6.45, 7) is 0. The molecule has 6 nitrogen and oxygen atoms in total. The number of pyridine rings is 1. The van der Waals surface area contributed by atoms with Crippen LogP contribution in [0.2, 0.25) is 0 Å². The van der Waals surface area contributed by atoms with E-state index in [1.54, 1.807) is 7.11 Å². The van der Waals surface area contributed by atoms with Crippen molar-refractivity contribution < 1.29 is 4.74 Å². The van der Waals surface area contributed by atoms with Gasteiger partial charge in [0.05, 0.1) is 29.2 Å². The summed E-state index contributed by atoms with van der Waals surface area (Å²) >= 11 is 0. The first-order chi connectivity index (χ1) is 11.2. The zero-order valence-electron chi connectivity index (χ0n) is 13.2. The number of anilines is 1. The van der Waals surface area contributed by atoms with E-state index in [1.807, 2.05) is 49.3 Å². The number of methoxy groups -OCH3 is 1. The molecular formula is C17H17N5O. The molecule has 0 atom stereocenters. The van der Waals surface area contributed by atoms with Crippen LogP contribution in [0.1, 0.15) is 0 Å². The third kappa shape index (κ3) is 2.03. The molecule has 0 aliphatic carbocycles. The van der Waals surface area contributed by atoms with Gasteiger partial charge in [0.25, 0.3) is 0 Å². The number of nitrogens with one attached hydrogen (secondary N) is 2. The Labute approximate surface area is 133 Å². The van der Waals surface area contributed by atoms with Gasteiger partial charge in [-0.15, -0.1) is 0 Å². The minimum atomic E-state index is 0.802. The van der Waals surface area contributed by atoms with Crippen molar-refractivity contribution in [2.75, 3.05) is 19.5 Å². The van der Waals surface area contributed by atoms with Gasteiger partial charge in [-0.3, -0.25) is 4.98 Å². The highest BCUT2D eigenvalue weighted by atomic mass is 16.5. The summed E-state index contributed by atoms with van der Waals surface area (Å²) in [5.41, 5.74) is 5.86. The van der Waals surface area contributed by atoms with Crippen LogP contribution in [0.4, 0.5) is 5.95 Å². The zero-order chi connectivity index (χ0) is 16.0. The van der Waals surface area contributed by atoms with Crippen molar-refractivity contribution in [3.05, 3.63) is 36.7 Å². The summed E-state index contributed by atoms with van der Waals surface area (Å²) in [5, 5.41) is 3.10. The molecular weight excluding hydrogens is 290 g/mol. The average Bonchev–Trinajstić information content (AvgIpc) is 3.17. The molecule has 0 amide bonds. The lowest BCUT2D eigenvalue weighted by atomic mass is 10.1. The van der Waals surface area contributed by atoms with Gasteiger partial charge in [-0.2, -0.15) is 0 Å². The fraction of sp³-hybridized carbons (Fsp3) is 0.176. The largest absolute Gasteiger partial charge is 0.496 e. The minimum absolute atomic E-state index is 0.802. The molecule has 0 unspecified atom stereocenters. The molecule has 0 bridgehead atoms. The Kier molecular flexibility index (Phi) is 2.97. The summed E-state index contributed by atoms with van der Waals surface area (Å²) in [7, 11) is 5.52. The SMILES string of the molecule is CNc1nc2cc(-c3cnc4cc[nH]c4c3)c(OC)cc2n1C. The second-order valence-corrected chi connectivity index (χ2v) is 5.42. The maximum Gasteiger partial charge on any atom is 0.203 e. The second-order valence-electron chi connectivity index (χ2n) is 5.42. The molecule has 116 valence electrons. The highest BCUT2D eigenvalue weighted by Crippen LogP contribution is 2.35. The van der Waals surface area contributed by atoms with E-state index < -0.39 is 0 Å². The number of aromatic amines is 1. The van der Waals surface area contributed by atoms with Gasteiger partial charge in [-0.1, -0.05) is 0 Å². The van der Waals surface area contributed by atoms with E-state index in [4.69, 9.17) is 4.74 Å². The summed E-state index contributed by atoms with van der Waals surface area (Å²) in [6.07, 6.45) is 3.75. The molecule has 1 aromatic carbocycles. The van der Waals surface area contributed by atoms with Crippen LogP contribution >= 0.6 is 0 Å². The molecule has 0 fully saturated rings. The van der Waals surface area contributed by atoms with E-state index in [0.29, 0.717) is 0 Å². The molecule has 0 saturated carbocycles. The Morgan fingerprint density at radius 2 is 2.09 bits per heavy atom. The minimum Gasteiger partial charge on any atom is -0.496 e. The normalized spacial score (nSPS) is 11.3. The molecule has 0 aliphatic heterocycles. The quantitative estimate of drug-likeness (QED) is 0.610. The first kappa shape index (κ1) is 13.6. The Hall–Kier alpha value is -3.02. The number of benzene rings is 1. The fourth-order valence-corrected chi connectivity index (χ4v) is 2.92. The van der Waals surface area contributed by atoms with Crippen LogP contribution < -0.4 is 10.1 Å². The standard InChI is InChI=1S/C17H17N5O/c1-18-17-21-14-7-11(16(23-3)8-15(14)22(17)2)10-6-13-12(20-9-10)4-5-19-13/h4-9,19H,1-3H3,(H,18,21). The molecule has 4 aromatic rings. The van der Waals surface area contributed by atoms with Crippen molar-refractivity contribution in [2.24, 2.45) is 7.05 Å². The fourth-order valence-electron chi connectivity index (χ4n) is 2.92. The predicted octanol–water partition coefficient (Wildman–Crippen LogP) is 3.17. The Balaban J connectivity index is 1.97. The van der Waals surface area contributed by atoms with Crippen molar-refractivity contribution in [3.63, 3.8) is 0 Å². The van der Waals surface area contributed by atoms with Gasteiger partial charge in [0.1, 0.15) is 5.75 Å². The van der Waals surface area contributed by atoms with Gasteiger partial charge in [-0.05, 0) is 18.2 Å². The van der Waals surface area contributed by atoms with Crippen LogP contribution in [0.3, 0.4) is 0 Å². The summed E-state index contributed by atoms with van der Waals surface area (Å²) in [4.78, 5) is 12.3. The number of H-pyrrole nitrogens is 1. The summed E-state index contributed by atoms with van der Waals surface area (Å²) in [6, 6.07) is 8.09. The first-order valence-electron chi connectivity index (χ1n) is 7.37. The topological polar surface area (TPSA) is 67.8 Å². The number of nitrogens with zero attached hydrogens (tertiary/aromatic N) is 3. The highest BCUT2D eigenvalue weighted by molar-refractivity contribution is 5.90. The predicted molar refractivity (Wildman–Crippen MR) is 91.9 cm³/mol. The van der Waals surface area contributed by atoms with Crippen LogP contribution in [0.25, 0.3) is 33.2 Å². The number of hydrogen-bond donors (Lipinski definition) is 2. The molecule has 0 aliphatic rings. The number of aromatic nitrogens is 4. The van der Waals surface area contributed by atoms with Gasteiger partial charge in [0, 0.05) is 43.7 Å². The van der Waals surface area contributed by atoms with Crippen molar-refractivity contribution in [1.82, 2.24) is 19.5 Å². The lowest BCUT2D eigenvalue weighted by molar-refractivity contribution is 0.417. The van der Waals surface area contributed by atoms with Crippen molar-refractivity contribution in [1.29, 1.82) is 0 Å². The van der Waals surface area contributed by atoms with E-state index in [0.717, 1.165) is 44.9 Å². The van der Waals surface area contributed by atoms with Crippen molar-refractivity contribution >= 4 is 28.0 Å². The number of hydrogen-bond acceptors (Lipinski definition) is 4. The average molecular weight is 307 g/mol. The van der Waals surface area contributed by atoms with Gasteiger partial charge in [0.15, 0.2) is 0 Å². The highest BCUT2D eigenvalue weighted by Gasteiger charge is 2.14. The molecule has 2 N–H and O–H groups in total. The van der Waals surface area contributed by atoms with E-state index in [9.17, 15) is 0 Å². The molecule has 0 saturated heterocycles. The Bertz CT molecular complexity index is 1010. The molecule has 23 heavy (non-hydrogen) atoms. The molecule has 0 radical (unpaired) electrons. The maximum absolute atomic E-state index is 5.60.